The van der Waals surface area contributed by atoms with Crippen LogP contribution in [0.3, 0.4) is 0 Å². The minimum absolute atomic E-state index is 0.137. The van der Waals surface area contributed by atoms with Crippen molar-refractivity contribution in [2.75, 3.05) is 34.9 Å². The lowest BCUT2D eigenvalue weighted by molar-refractivity contribution is 0.0937. The van der Waals surface area contributed by atoms with Crippen molar-refractivity contribution >= 4 is 16.9 Å². The van der Waals surface area contributed by atoms with Crippen LogP contribution >= 0.6 is 0 Å². The number of aryl methyl sites for hydroxylation is 1. The molecule has 0 saturated carbocycles. The van der Waals surface area contributed by atoms with E-state index in [0.717, 1.165) is 0 Å². The lowest BCUT2D eigenvalue weighted by Crippen LogP contribution is -2.41. The second-order valence-corrected chi connectivity index (χ2v) is 6.04. The van der Waals surface area contributed by atoms with Crippen molar-refractivity contribution < 1.29 is 14.3 Å². The van der Waals surface area contributed by atoms with Crippen LogP contribution in [-0.2, 0) is 7.05 Å². The summed E-state index contributed by atoms with van der Waals surface area (Å²) in [6, 6.07) is 3.45. The maximum absolute atomic E-state index is 12.5. The number of carbonyl (C=O) groups is 1. The Balaban J connectivity index is 2.46. The number of carbonyl (C=O) groups excluding carboxylic acids is 1. The Morgan fingerprint density at radius 3 is 2.44 bits per heavy atom. The van der Waals surface area contributed by atoms with Gasteiger partial charge in [0.25, 0.3) is 11.5 Å². The number of benzene rings is 1. The summed E-state index contributed by atoms with van der Waals surface area (Å²) in [7, 11) is 8.47. The summed E-state index contributed by atoms with van der Waals surface area (Å²) in [5.74, 6) is 0.475. The zero-order valence-electron chi connectivity index (χ0n) is 15.4. The molecule has 2 rings (SSSR count). The van der Waals surface area contributed by atoms with Crippen LogP contribution < -0.4 is 20.3 Å². The fourth-order valence-electron chi connectivity index (χ4n) is 2.31. The number of rotatable bonds is 6. The van der Waals surface area contributed by atoms with E-state index in [1.165, 1.54) is 18.8 Å². The number of hydrogen-bond acceptors (Lipinski definition) is 6. The molecule has 0 saturated heterocycles. The summed E-state index contributed by atoms with van der Waals surface area (Å²) in [4.78, 5) is 31.1. The Hall–Kier alpha value is -2.61. The molecule has 1 unspecified atom stereocenters. The van der Waals surface area contributed by atoms with Gasteiger partial charge in [-0.15, -0.1) is 0 Å². The molecule has 1 heterocycles. The number of likely N-dealkylation sites (N-methyl/N-ethyl adjacent to an activating group) is 1. The van der Waals surface area contributed by atoms with Crippen LogP contribution in [0.2, 0.25) is 0 Å². The topological polar surface area (TPSA) is 85.7 Å². The molecule has 1 aromatic carbocycles. The fraction of sp³-hybridized carbons (Fsp3) is 0.471. The highest BCUT2D eigenvalue weighted by Crippen LogP contribution is 2.30. The number of methoxy groups -OCH3 is 2. The first-order valence-electron chi connectivity index (χ1n) is 7.87. The van der Waals surface area contributed by atoms with Gasteiger partial charge in [0.1, 0.15) is 0 Å². The third-order valence-corrected chi connectivity index (χ3v) is 4.24. The Bertz CT molecular complexity index is 845. The molecule has 25 heavy (non-hydrogen) atoms. The molecule has 0 aliphatic heterocycles. The van der Waals surface area contributed by atoms with Crippen molar-refractivity contribution in [3.05, 3.63) is 28.2 Å². The van der Waals surface area contributed by atoms with Crippen LogP contribution in [0, 0.1) is 0 Å². The van der Waals surface area contributed by atoms with Gasteiger partial charge in [-0.05, 0) is 21.0 Å². The minimum Gasteiger partial charge on any atom is -0.493 e. The summed E-state index contributed by atoms with van der Waals surface area (Å²) >= 11 is 0. The van der Waals surface area contributed by atoms with E-state index in [4.69, 9.17) is 9.47 Å². The summed E-state index contributed by atoms with van der Waals surface area (Å²) in [6.07, 6.45) is 0. The third-order valence-electron chi connectivity index (χ3n) is 4.24. The molecule has 0 aliphatic rings. The summed E-state index contributed by atoms with van der Waals surface area (Å²) in [5.41, 5.74) is 0.425. The van der Waals surface area contributed by atoms with Gasteiger partial charge in [0, 0.05) is 31.8 Å². The number of nitrogens with one attached hydrogen (secondary N) is 1. The molecule has 1 amide bonds. The molecule has 0 radical (unpaired) electrons. The molecule has 8 heteroatoms. The Labute approximate surface area is 146 Å². The summed E-state index contributed by atoms with van der Waals surface area (Å²) in [5, 5.41) is 2.75. The van der Waals surface area contributed by atoms with Gasteiger partial charge in [-0.3, -0.25) is 9.59 Å². The quantitative estimate of drug-likeness (QED) is 0.824. The average molecular weight is 348 g/mol. The molecule has 1 aromatic heterocycles. The molecule has 136 valence electrons. The Morgan fingerprint density at radius 2 is 1.88 bits per heavy atom. The van der Waals surface area contributed by atoms with E-state index in [2.05, 4.69) is 10.3 Å². The lowest BCUT2D eigenvalue weighted by atomic mass is 10.2. The molecule has 0 fully saturated rings. The van der Waals surface area contributed by atoms with Gasteiger partial charge in [0.05, 0.1) is 25.3 Å². The largest absolute Gasteiger partial charge is 0.493 e. The molecule has 2 aromatic rings. The summed E-state index contributed by atoms with van der Waals surface area (Å²) in [6.45, 7) is 2.39. The van der Waals surface area contributed by atoms with Crippen molar-refractivity contribution in [3.63, 3.8) is 0 Å². The minimum atomic E-state index is -0.494. The van der Waals surface area contributed by atoms with Gasteiger partial charge in [0.2, 0.25) is 0 Å². The van der Waals surface area contributed by atoms with E-state index >= 15 is 0 Å². The predicted molar refractivity (Wildman–Crippen MR) is 95.6 cm³/mol. The highest BCUT2D eigenvalue weighted by atomic mass is 16.5. The van der Waals surface area contributed by atoms with Gasteiger partial charge in [-0.25, -0.2) is 4.98 Å². The second-order valence-electron chi connectivity index (χ2n) is 6.04. The molecular formula is C17H24N4O4. The fourth-order valence-corrected chi connectivity index (χ4v) is 2.31. The number of fused-ring (bicyclic) bond motifs is 1. The third kappa shape index (κ3) is 3.74. The normalized spacial score (nSPS) is 12.3. The highest BCUT2D eigenvalue weighted by Gasteiger charge is 2.19. The second kappa shape index (κ2) is 7.52. The van der Waals surface area contributed by atoms with E-state index in [-0.39, 0.29) is 11.7 Å². The number of amides is 1. The maximum atomic E-state index is 12.5. The standard InChI is InChI=1S/C17H24N4O4/c1-10(20(2)3)9-18-16(22)15-17(23)21(4)12-8-14(25-6)13(24-5)7-11(12)19-15/h7-8,10H,9H2,1-6H3,(H,18,22). The van der Waals surface area contributed by atoms with E-state index in [9.17, 15) is 9.59 Å². The Kier molecular flexibility index (Phi) is 5.63. The SMILES string of the molecule is COc1cc2nc(C(=O)NCC(C)N(C)C)c(=O)n(C)c2cc1OC. The van der Waals surface area contributed by atoms with Crippen LogP contribution in [-0.4, -0.2) is 61.3 Å². The first-order chi connectivity index (χ1) is 11.8. The Morgan fingerprint density at radius 1 is 1.28 bits per heavy atom. The monoisotopic (exact) mass is 348 g/mol. The van der Waals surface area contributed by atoms with Gasteiger partial charge < -0.3 is 24.3 Å². The van der Waals surface area contributed by atoms with E-state index in [1.54, 1.807) is 19.2 Å². The molecule has 0 aliphatic carbocycles. The molecule has 8 nitrogen and oxygen atoms in total. The first kappa shape index (κ1) is 18.7. The van der Waals surface area contributed by atoms with Crippen molar-refractivity contribution in [2.24, 2.45) is 7.05 Å². The molecule has 0 bridgehead atoms. The smallest absolute Gasteiger partial charge is 0.282 e. The van der Waals surface area contributed by atoms with Gasteiger partial charge in [-0.1, -0.05) is 0 Å². The van der Waals surface area contributed by atoms with E-state index in [1.807, 2.05) is 25.9 Å². The summed E-state index contributed by atoms with van der Waals surface area (Å²) < 4.78 is 11.9. The number of nitrogens with zero attached hydrogens (tertiary/aromatic N) is 3. The van der Waals surface area contributed by atoms with E-state index < -0.39 is 11.5 Å². The van der Waals surface area contributed by atoms with Crippen molar-refractivity contribution in [3.8, 4) is 11.5 Å². The number of hydrogen-bond donors (Lipinski definition) is 1. The van der Waals surface area contributed by atoms with Crippen LogP contribution in [0.15, 0.2) is 16.9 Å². The first-order valence-corrected chi connectivity index (χ1v) is 7.87. The van der Waals surface area contributed by atoms with Crippen molar-refractivity contribution in [2.45, 2.75) is 13.0 Å². The molecular weight excluding hydrogens is 324 g/mol. The van der Waals surface area contributed by atoms with Crippen LogP contribution in [0.25, 0.3) is 11.0 Å². The molecule has 1 atom stereocenters. The van der Waals surface area contributed by atoms with Crippen LogP contribution in [0.1, 0.15) is 17.4 Å². The van der Waals surface area contributed by atoms with Crippen molar-refractivity contribution in [1.82, 2.24) is 19.8 Å². The molecule has 0 spiro atoms. The van der Waals surface area contributed by atoms with Gasteiger partial charge in [-0.2, -0.15) is 0 Å². The average Bonchev–Trinajstić information content (AvgIpc) is 2.60. The zero-order chi connectivity index (χ0) is 18.7. The number of aromatic nitrogens is 2. The molecule has 1 N–H and O–H groups in total. The van der Waals surface area contributed by atoms with Gasteiger partial charge in [0.15, 0.2) is 17.2 Å². The maximum Gasteiger partial charge on any atom is 0.282 e. The lowest BCUT2D eigenvalue weighted by Gasteiger charge is -2.19. The van der Waals surface area contributed by atoms with E-state index in [0.29, 0.717) is 29.1 Å². The van der Waals surface area contributed by atoms with Crippen LogP contribution in [0.5, 0.6) is 11.5 Å². The number of ether oxygens (including phenoxy) is 2. The predicted octanol–water partition coefficient (Wildman–Crippen LogP) is 0.631. The van der Waals surface area contributed by atoms with Gasteiger partial charge >= 0.3 is 0 Å². The zero-order valence-corrected chi connectivity index (χ0v) is 15.4. The van der Waals surface area contributed by atoms with Crippen LogP contribution in [0.4, 0.5) is 0 Å². The highest BCUT2D eigenvalue weighted by molar-refractivity contribution is 5.94. The van der Waals surface area contributed by atoms with Crippen molar-refractivity contribution in [1.29, 1.82) is 0 Å².